The number of nitrogens with one attached hydrogen (secondary N) is 3. The Morgan fingerprint density at radius 1 is 1.17 bits per heavy atom. The number of nitrogens with zero attached hydrogens (tertiary/aromatic N) is 1. The van der Waals surface area contributed by atoms with Gasteiger partial charge >= 0.3 is 0 Å². The topological polar surface area (TPSA) is 91.8 Å². The van der Waals surface area contributed by atoms with Gasteiger partial charge in [-0.1, -0.05) is 30.3 Å². The van der Waals surface area contributed by atoms with Crippen molar-refractivity contribution in [3.63, 3.8) is 0 Å². The lowest BCUT2D eigenvalue weighted by Gasteiger charge is -2.15. The number of hydrogen-bond donors (Lipinski definition) is 3. The second-order valence-electron chi connectivity index (χ2n) is 6.67. The molecule has 1 aliphatic rings. The molecule has 0 bridgehead atoms. The van der Waals surface area contributed by atoms with Gasteiger partial charge in [0.25, 0.3) is 0 Å². The fourth-order valence-electron chi connectivity index (χ4n) is 3.09. The molecule has 29 heavy (non-hydrogen) atoms. The Morgan fingerprint density at radius 3 is 2.72 bits per heavy atom. The molecule has 3 N–H and O–H groups in total. The van der Waals surface area contributed by atoms with Crippen molar-refractivity contribution in [1.82, 2.24) is 10.6 Å². The molecule has 7 nitrogen and oxygen atoms in total. The summed E-state index contributed by atoms with van der Waals surface area (Å²) in [5.74, 6) is 1.66. The molecule has 9 heteroatoms. The molecule has 0 saturated carbocycles. The van der Waals surface area contributed by atoms with Crippen molar-refractivity contribution in [3.8, 4) is 5.75 Å². The van der Waals surface area contributed by atoms with Crippen molar-refractivity contribution in [1.29, 1.82) is 0 Å². The van der Waals surface area contributed by atoms with E-state index in [2.05, 4.69) is 32.5 Å². The maximum Gasteiger partial charge on any atom is 0.229 e. The van der Waals surface area contributed by atoms with Crippen LogP contribution in [0.3, 0.4) is 0 Å². The number of aliphatic imine (C=N–C) groups is 1. The zero-order chi connectivity index (χ0) is 20.0. The van der Waals surface area contributed by atoms with Crippen molar-refractivity contribution in [2.24, 2.45) is 4.99 Å². The first kappa shape index (κ1) is 23.3. The van der Waals surface area contributed by atoms with Gasteiger partial charge in [0.2, 0.25) is 10.0 Å². The van der Waals surface area contributed by atoms with Crippen LogP contribution in [0.1, 0.15) is 16.7 Å². The first-order chi connectivity index (χ1) is 13.4. The lowest BCUT2D eigenvalue weighted by Crippen LogP contribution is -2.38. The van der Waals surface area contributed by atoms with Gasteiger partial charge in [0, 0.05) is 26.6 Å². The third-order valence-electron chi connectivity index (χ3n) is 4.44. The summed E-state index contributed by atoms with van der Waals surface area (Å²) in [7, 11) is -1.61. The van der Waals surface area contributed by atoms with E-state index >= 15 is 0 Å². The van der Waals surface area contributed by atoms with E-state index in [0.717, 1.165) is 43.6 Å². The molecule has 0 amide bonds. The van der Waals surface area contributed by atoms with Crippen molar-refractivity contribution < 1.29 is 13.2 Å². The SMILES string of the molecule is CN=C(NCCc1ccc2c(c1)CCO2)NCc1ccccc1NS(C)(=O)=O.I. The number of sulfonamides is 1. The van der Waals surface area contributed by atoms with E-state index in [4.69, 9.17) is 4.74 Å². The Balaban J connectivity index is 0.00000300. The lowest BCUT2D eigenvalue weighted by molar-refractivity contribution is 0.357. The summed E-state index contributed by atoms with van der Waals surface area (Å²) >= 11 is 0. The molecule has 3 rings (SSSR count). The normalized spacial score (nSPS) is 13.1. The van der Waals surface area contributed by atoms with Crippen LogP contribution in [0, 0.1) is 0 Å². The fraction of sp³-hybridized carbons (Fsp3) is 0.350. The maximum atomic E-state index is 11.5. The molecule has 0 fully saturated rings. The lowest BCUT2D eigenvalue weighted by atomic mass is 10.1. The summed E-state index contributed by atoms with van der Waals surface area (Å²) < 4.78 is 31.1. The molecule has 0 unspecified atom stereocenters. The van der Waals surface area contributed by atoms with Crippen molar-refractivity contribution in [2.75, 3.05) is 31.2 Å². The summed E-state index contributed by atoms with van der Waals surface area (Å²) in [6.45, 7) is 1.96. The maximum absolute atomic E-state index is 11.5. The largest absolute Gasteiger partial charge is 0.493 e. The molecule has 0 aliphatic carbocycles. The number of anilines is 1. The fourth-order valence-corrected chi connectivity index (χ4v) is 3.69. The monoisotopic (exact) mass is 530 g/mol. The van der Waals surface area contributed by atoms with E-state index in [0.29, 0.717) is 18.2 Å². The van der Waals surface area contributed by atoms with E-state index < -0.39 is 10.0 Å². The highest BCUT2D eigenvalue weighted by molar-refractivity contribution is 14.0. The molecule has 2 aromatic carbocycles. The van der Waals surface area contributed by atoms with Gasteiger partial charge in [0.1, 0.15) is 5.75 Å². The van der Waals surface area contributed by atoms with Gasteiger partial charge in [0.05, 0.1) is 18.6 Å². The summed E-state index contributed by atoms with van der Waals surface area (Å²) in [6.07, 6.45) is 2.99. The predicted molar refractivity (Wildman–Crippen MR) is 128 cm³/mol. The summed E-state index contributed by atoms with van der Waals surface area (Å²) in [5, 5.41) is 6.52. The minimum absolute atomic E-state index is 0. The van der Waals surface area contributed by atoms with E-state index in [9.17, 15) is 8.42 Å². The molecular formula is C20H27IN4O3S. The molecule has 0 radical (unpaired) electrons. The average molecular weight is 530 g/mol. The smallest absolute Gasteiger partial charge is 0.229 e. The Kier molecular flexibility index (Phi) is 8.57. The highest BCUT2D eigenvalue weighted by Crippen LogP contribution is 2.25. The minimum Gasteiger partial charge on any atom is -0.493 e. The molecule has 0 spiro atoms. The van der Waals surface area contributed by atoms with Crippen molar-refractivity contribution >= 4 is 45.6 Å². The van der Waals surface area contributed by atoms with E-state index in [1.807, 2.05) is 18.2 Å². The quantitative estimate of drug-likeness (QED) is 0.291. The molecule has 158 valence electrons. The number of para-hydroxylation sites is 1. The zero-order valence-electron chi connectivity index (χ0n) is 16.6. The number of benzene rings is 2. The molecule has 0 aromatic heterocycles. The van der Waals surface area contributed by atoms with Gasteiger partial charge in [-0.15, -0.1) is 24.0 Å². The van der Waals surface area contributed by atoms with Crippen LogP contribution >= 0.6 is 24.0 Å². The number of halogens is 1. The van der Waals surface area contributed by atoms with Crippen LogP contribution in [-0.2, 0) is 29.4 Å². The average Bonchev–Trinajstić information content (AvgIpc) is 3.12. The highest BCUT2D eigenvalue weighted by Gasteiger charge is 2.12. The van der Waals surface area contributed by atoms with Crippen LogP contribution in [0.5, 0.6) is 5.75 Å². The third kappa shape index (κ3) is 7.07. The number of hydrogen-bond acceptors (Lipinski definition) is 4. The number of ether oxygens (including phenoxy) is 1. The number of guanidine groups is 1. The molecule has 1 aliphatic heterocycles. The predicted octanol–water partition coefficient (Wildman–Crippen LogP) is 2.52. The second kappa shape index (κ2) is 10.7. The van der Waals surface area contributed by atoms with Crippen LogP contribution in [-0.4, -0.2) is 40.8 Å². The Bertz CT molecular complexity index is 964. The molecule has 2 aromatic rings. The first-order valence-corrected chi connectivity index (χ1v) is 11.1. The van der Waals surface area contributed by atoms with Crippen molar-refractivity contribution in [3.05, 3.63) is 59.2 Å². The van der Waals surface area contributed by atoms with Crippen LogP contribution < -0.4 is 20.1 Å². The van der Waals surface area contributed by atoms with Gasteiger partial charge in [-0.2, -0.15) is 0 Å². The van der Waals surface area contributed by atoms with Gasteiger partial charge in [0.15, 0.2) is 5.96 Å². The zero-order valence-corrected chi connectivity index (χ0v) is 19.7. The standard InChI is InChI=1S/C20H26N4O3S.HI/c1-21-20(22-11-9-15-7-8-19-16(13-15)10-12-27-19)23-14-17-5-3-4-6-18(17)24-28(2,25)26;/h3-8,13,24H,9-12,14H2,1-2H3,(H2,21,22,23);1H. The second-order valence-corrected chi connectivity index (χ2v) is 8.42. The molecule has 1 heterocycles. The van der Waals surface area contributed by atoms with Crippen LogP contribution in [0.15, 0.2) is 47.5 Å². The van der Waals surface area contributed by atoms with Crippen LogP contribution in [0.2, 0.25) is 0 Å². The summed E-state index contributed by atoms with van der Waals surface area (Å²) in [4.78, 5) is 4.23. The van der Waals surface area contributed by atoms with Crippen LogP contribution in [0.4, 0.5) is 5.69 Å². The van der Waals surface area contributed by atoms with Crippen LogP contribution in [0.25, 0.3) is 0 Å². The van der Waals surface area contributed by atoms with Gasteiger partial charge in [-0.05, 0) is 35.2 Å². The van der Waals surface area contributed by atoms with E-state index in [1.54, 1.807) is 19.2 Å². The van der Waals surface area contributed by atoms with Gasteiger partial charge in [-0.3, -0.25) is 9.71 Å². The number of fused-ring (bicyclic) bond motifs is 1. The van der Waals surface area contributed by atoms with E-state index in [1.165, 1.54) is 11.1 Å². The Morgan fingerprint density at radius 2 is 1.97 bits per heavy atom. The van der Waals surface area contributed by atoms with Crippen molar-refractivity contribution in [2.45, 2.75) is 19.4 Å². The minimum atomic E-state index is -3.33. The Labute approximate surface area is 189 Å². The van der Waals surface area contributed by atoms with Gasteiger partial charge < -0.3 is 15.4 Å². The summed E-state index contributed by atoms with van der Waals surface area (Å²) in [6, 6.07) is 13.6. The highest BCUT2D eigenvalue weighted by atomic mass is 127. The van der Waals surface area contributed by atoms with Gasteiger partial charge in [-0.25, -0.2) is 8.42 Å². The summed E-state index contributed by atoms with van der Waals surface area (Å²) in [5.41, 5.74) is 3.94. The van der Waals surface area contributed by atoms with E-state index in [-0.39, 0.29) is 24.0 Å². The molecule has 0 saturated heterocycles. The first-order valence-electron chi connectivity index (χ1n) is 9.19. The molecule has 0 atom stereocenters. The number of rotatable bonds is 7. The molecular weight excluding hydrogens is 503 g/mol. The Hall–Kier alpha value is -2.01. The third-order valence-corrected chi connectivity index (χ3v) is 5.03.